The molecule has 0 amide bonds. The van der Waals surface area contributed by atoms with Crippen molar-refractivity contribution >= 4 is 33.7 Å². The molecule has 8 heteroatoms. The fourth-order valence-corrected chi connectivity index (χ4v) is 4.48. The number of aromatic nitrogens is 1. The average Bonchev–Trinajstić information content (AvgIpc) is 2.72. The number of pyridine rings is 1. The topological polar surface area (TPSA) is 93.1 Å². The number of rotatable bonds is 3. The van der Waals surface area contributed by atoms with Crippen molar-refractivity contribution in [1.82, 2.24) is 4.57 Å². The van der Waals surface area contributed by atoms with Gasteiger partial charge in [0.05, 0.1) is 29.1 Å². The van der Waals surface area contributed by atoms with Crippen LogP contribution in [0.2, 0.25) is 0 Å². The molecule has 0 bridgehead atoms. The fraction of sp³-hybridized carbons (Fsp3) is 0.375. The highest BCUT2D eigenvalue weighted by atomic mass is 16.6. The number of methoxy groups -OCH3 is 1. The maximum atomic E-state index is 13.5. The Morgan fingerprint density at radius 1 is 1.09 bits per heavy atom. The van der Waals surface area contributed by atoms with Crippen molar-refractivity contribution in [1.29, 1.82) is 0 Å². The second kappa shape index (κ2) is 7.55. The minimum Gasteiger partial charge on any atom is -0.496 e. The number of hydrogen-bond donors (Lipinski definition) is 0. The molecule has 1 aromatic heterocycles. The van der Waals surface area contributed by atoms with Crippen LogP contribution in [0.3, 0.4) is 0 Å². The van der Waals surface area contributed by atoms with Crippen LogP contribution in [-0.2, 0) is 26.1 Å². The number of ether oxygens (including phenoxy) is 4. The van der Waals surface area contributed by atoms with Gasteiger partial charge in [-0.25, -0.2) is 0 Å². The Bertz CT molecular complexity index is 1320. The van der Waals surface area contributed by atoms with Crippen molar-refractivity contribution in [3.8, 4) is 11.5 Å². The predicted molar refractivity (Wildman–Crippen MR) is 118 cm³/mol. The summed E-state index contributed by atoms with van der Waals surface area (Å²) in [6, 6.07) is 8.84. The van der Waals surface area contributed by atoms with Crippen LogP contribution in [0.25, 0.3) is 21.8 Å². The first-order valence-electron chi connectivity index (χ1n) is 10.2. The minimum atomic E-state index is -1.02. The van der Waals surface area contributed by atoms with E-state index in [1.54, 1.807) is 32.0 Å². The van der Waals surface area contributed by atoms with Gasteiger partial charge < -0.3 is 23.5 Å². The molecule has 4 rings (SSSR count). The lowest BCUT2D eigenvalue weighted by molar-refractivity contribution is -0.187. The molecule has 1 aliphatic rings. The molecule has 2 aromatic carbocycles. The molecule has 3 aromatic rings. The minimum absolute atomic E-state index is 0.219. The Morgan fingerprint density at radius 3 is 2.38 bits per heavy atom. The van der Waals surface area contributed by atoms with Crippen LogP contribution in [-0.4, -0.2) is 35.3 Å². The zero-order chi connectivity index (χ0) is 23.4. The molecule has 0 saturated carbocycles. The summed E-state index contributed by atoms with van der Waals surface area (Å²) in [4.78, 5) is 37.5. The zero-order valence-corrected chi connectivity index (χ0v) is 18.8. The smallest absolute Gasteiger partial charge is 0.303 e. The van der Waals surface area contributed by atoms with Gasteiger partial charge in [0.15, 0.2) is 12.2 Å². The molecule has 168 valence electrons. The molecule has 0 fully saturated rings. The Morgan fingerprint density at radius 2 is 1.75 bits per heavy atom. The van der Waals surface area contributed by atoms with Gasteiger partial charge in [0.1, 0.15) is 17.1 Å². The van der Waals surface area contributed by atoms with Crippen molar-refractivity contribution in [2.75, 3.05) is 7.11 Å². The number of carbonyl (C=O) groups is 2. The van der Waals surface area contributed by atoms with E-state index in [0.717, 1.165) is 0 Å². The molecule has 0 radical (unpaired) electrons. The molecular formula is C24H25NO7. The first-order chi connectivity index (χ1) is 15.1. The van der Waals surface area contributed by atoms with Gasteiger partial charge in [0, 0.05) is 32.3 Å². The molecule has 2 atom stereocenters. The molecule has 32 heavy (non-hydrogen) atoms. The summed E-state index contributed by atoms with van der Waals surface area (Å²) in [5.41, 5.74) is 0.390. The van der Waals surface area contributed by atoms with Crippen LogP contribution >= 0.6 is 0 Å². The van der Waals surface area contributed by atoms with Gasteiger partial charge in [-0.05, 0) is 26.0 Å². The van der Waals surface area contributed by atoms with E-state index in [1.807, 2.05) is 23.7 Å². The van der Waals surface area contributed by atoms with E-state index in [2.05, 4.69) is 0 Å². The Balaban J connectivity index is 2.19. The van der Waals surface area contributed by atoms with Gasteiger partial charge in [0.2, 0.25) is 5.43 Å². The SMILES string of the molecule is COc1cc2c(c3c1c(=O)c1ccccc1n3C)[C@H](OC(C)=O)[C@@H](OC(C)=O)C(C)(C)O2. The first kappa shape index (κ1) is 21.7. The molecule has 1 aliphatic heterocycles. The number of benzene rings is 2. The highest BCUT2D eigenvalue weighted by molar-refractivity contribution is 5.99. The number of nitrogens with zero attached hydrogens (tertiary/aromatic N) is 1. The lowest BCUT2D eigenvalue weighted by atomic mass is 9.86. The van der Waals surface area contributed by atoms with Gasteiger partial charge in [-0.15, -0.1) is 0 Å². The summed E-state index contributed by atoms with van der Waals surface area (Å²) in [5, 5.41) is 0.855. The van der Waals surface area contributed by atoms with Crippen LogP contribution in [0.15, 0.2) is 35.1 Å². The van der Waals surface area contributed by atoms with Crippen molar-refractivity contribution in [3.05, 3.63) is 46.1 Å². The summed E-state index contributed by atoms with van der Waals surface area (Å²) in [7, 11) is 3.30. The molecule has 0 unspecified atom stereocenters. The van der Waals surface area contributed by atoms with E-state index in [9.17, 15) is 14.4 Å². The largest absolute Gasteiger partial charge is 0.496 e. The Labute approximate surface area is 184 Å². The summed E-state index contributed by atoms with van der Waals surface area (Å²) < 4.78 is 24.9. The summed E-state index contributed by atoms with van der Waals surface area (Å²) in [6.45, 7) is 6.06. The summed E-state index contributed by atoms with van der Waals surface area (Å²) in [6.07, 6.45) is -1.93. The number of fused-ring (bicyclic) bond motifs is 4. The summed E-state index contributed by atoms with van der Waals surface area (Å²) in [5.74, 6) is -0.359. The monoisotopic (exact) mass is 439 g/mol. The molecule has 0 aliphatic carbocycles. The van der Waals surface area contributed by atoms with E-state index in [4.69, 9.17) is 18.9 Å². The molecule has 0 N–H and O–H groups in total. The van der Waals surface area contributed by atoms with E-state index >= 15 is 0 Å². The lowest BCUT2D eigenvalue weighted by Crippen LogP contribution is -2.52. The number of para-hydroxylation sites is 1. The van der Waals surface area contributed by atoms with Crippen LogP contribution in [0, 0.1) is 0 Å². The van der Waals surface area contributed by atoms with E-state index < -0.39 is 29.7 Å². The van der Waals surface area contributed by atoms with Gasteiger partial charge in [-0.2, -0.15) is 0 Å². The third-order valence-electron chi connectivity index (χ3n) is 5.76. The highest BCUT2D eigenvalue weighted by Crippen LogP contribution is 2.48. The third-order valence-corrected chi connectivity index (χ3v) is 5.76. The fourth-order valence-electron chi connectivity index (χ4n) is 4.48. The van der Waals surface area contributed by atoms with E-state index in [-0.39, 0.29) is 5.43 Å². The maximum absolute atomic E-state index is 13.5. The summed E-state index contributed by atoms with van der Waals surface area (Å²) >= 11 is 0. The normalized spacial score (nSPS) is 19.2. The second-order valence-electron chi connectivity index (χ2n) is 8.39. The van der Waals surface area contributed by atoms with Crippen LogP contribution in [0.5, 0.6) is 11.5 Å². The van der Waals surface area contributed by atoms with Crippen molar-refractivity contribution in [3.63, 3.8) is 0 Å². The number of carbonyl (C=O) groups excluding carboxylic acids is 2. The number of aryl methyl sites for hydroxylation is 1. The van der Waals surface area contributed by atoms with Crippen LogP contribution < -0.4 is 14.9 Å². The standard InChI is InChI=1S/C24H25NO7/c1-12(26)30-22-19-17(32-24(3,4)23(22)31-13(2)27)11-16(29-6)18-20(19)25(5)15-10-8-7-9-14(15)21(18)28/h7-11,22-23H,1-6H3/t22-,23+/m0/s1. The molecule has 2 heterocycles. The quantitative estimate of drug-likeness (QED) is 0.456. The first-order valence-corrected chi connectivity index (χ1v) is 10.2. The van der Waals surface area contributed by atoms with Crippen LogP contribution in [0.4, 0.5) is 0 Å². The highest BCUT2D eigenvalue weighted by Gasteiger charge is 2.50. The van der Waals surface area contributed by atoms with Crippen molar-refractivity contribution in [2.24, 2.45) is 7.05 Å². The van der Waals surface area contributed by atoms with Gasteiger partial charge in [-0.1, -0.05) is 12.1 Å². The van der Waals surface area contributed by atoms with Gasteiger partial charge >= 0.3 is 11.9 Å². The van der Waals surface area contributed by atoms with Crippen molar-refractivity contribution < 1.29 is 28.5 Å². The van der Waals surface area contributed by atoms with Crippen LogP contribution in [0.1, 0.15) is 39.4 Å². The maximum Gasteiger partial charge on any atom is 0.303 e. The van der Waals surface area contributed by atoms with Gasteiger partial charge in [-0.3, -0.25) is 14.4 Å². The molecular weight excluding hydrogens is 414 g/mol. The second-order valence-corrected chi connectivity index (χ2v) is 8.39. The van der Waals surface area contributed by atoms with Gasteiger partial charge in [0.25, 0.3) is 0 Å². The molecule has 8 nitrogen and oxygen atoms in total. The van der Waals surface area contributed by atoms with E-state index in [1.165, 1.54) is 21.0 Å². The third kappa shape index (κ3) is 3.26. The Kier molecular flexibility index (Phi) is 5.11. The molecule has 0 saturated heterocycles. The predicted octanol–water partition coefficient (Wildman–Crippen LogP) is 3.41. The average molecular weight is 439 g/mol. The number of hydrogen-bond acceptors (Lipinski definition) is 7. The lowest BCUT2D eigenvalue weighted by Gasteiger charge is -2.43. The zero-order valence-electron chi connectivity index (χ0n) is 18.8. The van der Waals surface area contributed by atoms with E-state index in [0.29, 0.717) is 38.9 Å². The molecule has 0 spiro atoms. The number of esters is 2. The van der Waals surface area contributed by atoms with Crippen molar-refractivity contribution in [2.45, 2.75) is 45.5 Å². The Hall–Kier alpha value is -3.55.